The number of alkyl halides is 1. The van der Waals surface area contributed by atoms with E-state index in [0.717, 1.165) is 0 Å². The van der Waals surface area contributed by atoms with Crippen LogP contribution in [0.25, 0.3) is 0 Å². The summed E-state index contributed by atoms with van der Waals surface area (Å²) in [5, 5.41) is 18.9. The normalized spacial score (nSPS) is 18.5. The third-order valence-electron chi connectivity index (χ3n) is 2.83. The summed E-state index contributed by atoms with van der Waals surface area (Å²) in [5.74, 6) is -0.706. The van der Waals surface area contributed by atoms with Crippen LogP contribution in [-0.4, -0.2) is 22.2 Å². The van der Waals surface area contributed by atoms with Crippen molar-refractivity contribution in [2.75, 3.05) is 0 Å². The van der Waals surface area contributed by atoms with Crippen LogP contribution < -0.4 is 10.5 Å². The van der Waals surface area contributed by atoms with Gasteiger partial charge in [-0.15, -0.1) is 0 Å². The molecule has 0 amide bonds. The average molecular weight is 785 g/mol. The summed E-state index contributed by atoms with van der Waals surface area (Å²) < 4.78 is 36.9. The molecule has 24 heavy (non-hydrogen) atoms. The smallest absolute Gasteiger partial charge is 0.321 e. The summed E-state index contributed by atoms with van der Waals surface area (Å²) >= 11 is 7.42. The summed E-state index contributed by atoms with van der Waals surface area (Å²) in [4.78, 5) is 11.6. The first-order valence-electron chi connectivity index (χ1n) is 8.08. The van der Waals surface area contributed by atoms with Gasteiger partial charge in [0, 0.05) is 4.94 Å². The number of ether oxygens (including phenoxy) is 1. The monoisotopic (exact) mass is 785 g/mol. The molecule has 1 unspecified atom stereocenters. The number of halogens is 4. The molecule has 0 saturated carbocycles. The molecule has 2 aromatic rings. The Morgan fingerprint density at radius 2 is 1.88 bits per heavy atom. The molecule has 0 aliphatic rings. The molecule has 0 saturated heterocycles. The zero-order valence-electron chi connectivity index (χ0n) is 15.6. The summed E-state index contributed by atoms with van der Waals surface area (Å²) in [6.07, 6.45) is 0. The van der Waals surface area contributed by atoms with E-state index >= 15 is 0 Å². The Kier molecular flexibility index (Phi) is 5.70. The number of aliphatic carboxylic acids is 1. The minimum absolute atomic E-state index is 0.107. The molecular formula is C15H11I4NO4. The van der Waals surface area contributed by atoms with Crippen LogP contribution in [0.5, 0.6) is 17.2 Å². The maximum absolute atomic E-state index is 11.6. The second-order valence-corrected chi connectivity index (χ2v) is 8.82. The molecule has 0 aromatic heterocycles. The van der Waals surface area contributed by atoms with Gasteiger partial charge in [-0.1, -0.05) is 28.7 Å². The quantitative estimate of drug-likeness (QED) is 0.287. The van der Waals surface area contributed by atoms with Gasteiger partial charge in [0.05, 0.1) is 12.4 Å². The van der Waals surface area contributed by atoms with Crippen molar-refractivity contribution < 1.29 is 25.3 Å². The number of phenolic OH excluding ortho intramolecular Hbond substituents is 1. The van der Waals surface area contributed by atoms with Crippen molar-refractivity contribution in [3.63, 3.8) is 0 Å². The molecule has 4 N–H and O–H groups in total. The van der Waals surface area contributed by atoms with Crippen LogP contribution in [0.15, 0.2) is 30.3 Å². The number of aromatic hydroxyl groups is 1. The molecule has 0 aliphatic carbocycles. The van der Waals surface area contributed by atoms with Gasteiger partial charge in [-0.25, -0.2) is 0 Å². The van der Waals surface area contributed by atoms with Crippen molar-refractivity contribution in [1.82, 2.24) is 0 Å². The number of carboxylic acid groups (broad SMARTS) is 1. The summed E-state index contributed by atoms with van der Waals surface area (Å²) in [6, 6.07) is 4.79. The van der Waals surface area contributed by atoms with Crippen molar-refractivity contribution in [3.05, 3.63) is 46.6 Å². The highest BCUT2D eigenvalue weighted by atomic mass is 127. The number of hydrogen-bond donors (Lipinski definition) is 3. The number of hydrogen-bond acceptors (Lipinski definition) is 4. The highest BCUT2D eigenvalue weighted by Crippen LogP contribution is 2.38. The lowest BCUT2D eigenvalue weighted by atomic mass is 10.1. The van der Waals surface area contributed by atoms with E-state index in [1.165, 1.54) is 34.7 Å². The Hall–Kier alpha value is 0.390. The molecule has 2 rings (SSSR count). The van der Waals surface area contributed by atoms with Gasteiger partial charge >= 0.3 is 5.97 Å². The molecule has 2 atom stereocenters. The van der Waals surface area contributed by atoms with Gasteiger partial charge < -0.3 is 20.7 Å². The largest absolute Gasteiger partial charge is 0.508 e. The average Bonchev–Trinajstić information content (AvgIpc) is 2.59. The number of benzene rings is 2. The predicted octanol–water partition coefficient (Wildman–Crippen LogP) is 4.89. The van der Waals surface area contributed by atoms with Gasteiger partial charge in [0.25, 0.3) is 0 Å². The molecule has 9 heteroatoms. The summed E-state index contributed by atoms with van der Waals surface area (Å²) in [5.41, 5.74) is -0.103. The molecule has 0 aliphatic heterocycles. The molecule has 0 bridgehead atoms. The van der Waals surface area contributed by atoms with Gasteiger partial charge in [0.2, 0.25) is 0 Å². The van der Waals surface area contributed by atoms with Crippen molar-refractivity contribution in [3.8, 4) is 17.2 Å². The Balaban J connectivity index is 2.52. The molecule has 0 heterocycles. The first kappa shape index (κ1) is 15.4. The van der Waals surface area contributed by atoms with Gasteiger partial charge in [0.15, 0.2) is 0 Å². The topological polar surface area (TPSA) is 92.8 Å². The Labute approximate surface area is 199 Å². The summed E-state index contributed by atoms with van der Waals surface area (Å²) in [7, 11) is 0. The molecule has 2 aromatic carbocycles. The van der Waals surface area contributed by atoms with Crippen LogP contribution in [0.1, 0.15) is 12.2 Å². The Morgan fingerprint density at radius 3 is 2.46 bits per heavy atom. The molecule has 0 spiro atoms. The van der Waals surface area contributed by atoms with E-state index in [0.29, 0.717) is 22.2 Å². The number of carbonyl (C=O) groups is 1. The van der Waals surface area contributed by atoms with E-state index in [4.69, 9.17) is 10.3 Å². The van der Waals surface area contributed by atoms with Gasteiger partial charge in [-0.2, -0.15) is 0 Å². The number of nitrogens with two attached hydrogens (primary N) is 1. The van der Waals surface area contributed by atoms with Crippen LogP contribution in [0.4, 0.5) is 0 Å². The van der Waals surface area contributed by atoms with Gasteiger partial charge in [-0.05, 0) is 97.6 Å². The third kappa shape index (κ3) is 4.76. The highest BCUT2D eigenvalue weighted by Gasteiger charge is 2.26. The van der Waals surface area contributed by atoms with Crippen LogP contribution >= 0.6 is 90.4 Å². The van der Waals surface area contributed by atoms with E-state index in [2.05, 4.69) is 0 Å². The van der Waals surface area contributed by atoms with E-state index in [-0.39, 0.29) is 17.0 Å². The van der Waals surface area contributed by atoms with E-state index < -0.39 is 15.9 Å². The minimum Gasteiger partial charge on any atom is -0.508 e. The third-order valence-corrected chi connectivity index (χ3v) is 7.99. The van der Waals surface area contributed by atoms with E-state index in [9.17, 15) is 15.0 Å². The highest BCUT2D eigenvalue weighted by molar-refractivity contribution is 14.1. The Morgan fingerprint density at radius 1 is 1.21 bits per heavy atom. The second-order valence-electron chi connectivity index (χ2n) is 4.42. The van der Waals surface area contributed by atoms with Crippen molar-refractivity contribution in [2.24, 2.45) is 5.72 Å². The zero-order chi connectivity index (χ0) is 21.4. The van der Waals surface area contributed by atoms with Gasteiger partial charge in [0.1, 0.15) is 26.1 Å². The first-order chi connectivity index (χ1) is 12.8. The SMILES string of the molecule is [3H]N([3H])[C@]([3H])(C(=O)O)C([3H])(I)c1ccc(Oc2ccc(O)cc2I)c(I)c1I. The van der Waals surface area contributed by atoms with Crippen molar-refractivity contribution >= 4 is 96.3 Å². The lowest BCUT2D eigenvalue weighted by molar-refractivity contribution is -0.138. The number of phenols is 1. The fraction of sp³-hybridized carbons (Fsp3) is 0.133. The minimum atomic E-state index is -2.86. The first-order valence-corrected chi connectivity index (χ1v) is 10.5. The zero-order valence-corrected chi connectivity index (χ0v) is 20.2. The molecule has 128 valence electrons. The van der Waals surface area contributed by atoms with E-state index in [1.807, 2.05) is 67.8 Å². The molecule has 0 radical (unpaired) electrons. The lowest BCUT2D eigenvalue weighted by Crippen LogP contribution is -2.34. The van der Waals surface area contributed by atoms with E-state index in [1.54, 1.807) is 18.2 Å². The summed E-state index contributed by atoms with van der Waals surface area (Å²) in [6.45, 7) is 0. The lowest BCUT2D eigenvalue weighted by Gasteiger charge is -2.19. The van der Waals surface area contributed by atoms with Gasteiger partial charge in [-0.3, -0.25) is 4.79 Å². The van der Waals surface area contributed by atoms with Crippen LogP contribution in [0.3, 0.4) is 0 Å². The maximum atomic E-state index is 11.6. The Bertz CT molecular complexity index is 931. The standard InChI is InChI=1S/C15H11I4NO4/c16-8-5-6(21)1-3-9(8)24-10-4-2-7(11(17)13(10)19)12(18)14(20)15(22)23/h1-5,12,14,21H,20H2,(H,22,23)/t12?,14-/m0/s1/i12T,14T/hT2. The van der Waals surface area contributed by atoms with Crippen LogP contribution in [0.2, 0.25) is 2.82 Å². The second kappa shape index (κ2) is 8.85. The molecular weight excluding hydrogens is 766 g/mol. The molecule has 5 nitrogen and oxygen atoms in total. The maximum Gasteiger partial charge on any atom is 0.321 e. The van der Waals surface area contributed by atoms with Crippen LogP contribution in [0, 0.1) is 10.7 Å². The van der Waals surface area contributed by atoms with Crippen molar-refractivity contribution in [2.45, 2.75) is 9.92 Å². The van der Waals surface area contributed by atoms with Crippen LogP contribution in [-0.2, 0) is 4.79 Å². The molecule has 0 fully saturated rings. The number of rotatable bonds is 6. The predicted molar refractivity (Wildman–Crippen MR) is 125 cm³/mol. The number of carboxylic acids is 1. The fourth-order valence-corrected chi connectivity index (χ4v) is 4.79. The van der Waals surface area contributed by atoms with Crippen molar-refractivity contribution in [1.29, 1.82) is 0 Å². The fourth-order valence-electron chi connectivity index (χ4n) is 1.69.